The minimum absolute atomic E-state index is 0.0183. The number of carboxylic acid groups (broad SMARTS) is 1. The predicted molar refractivity (Wildman–Crippen MR) is 103 cm³/mol. The Hall–Kier alpha value is -2.21. The van der Waals surface area contributed by atoms with Gasteiger partial charge < -0.3 is 9.84 Å². The third-order valence-corrected chi connectivity index (χ3v) is 5.40. The summed E-state index contributed by atoms with van der Waals surface area (Å²) in [6.07, 6.45) is -0.155. The Kier molecular flexibility index (Phi) is 5.14. The van der Waals surface area contributed by atoms with E-state index in [0.29, 0.717) is 13.0 Å². The molecule has 2 atom stereocenters. The molecular weight excluding hydrogens is 350 g/mol. The van der Waals surface area contributed by atoms with E-state index in [-0.39, 0.29) is 5.25 Å². The first kappa shape index (κ1) is 18.6. The lowest BCUT2D eigenvalue weighted by Crippen LogP contribution is -2.43. The number of thioether (sulfide) groups is 1. The molecule has 3 rings (SSSR count). The zero-order valence-electron chi connectivity index (χ0n) is 15.1. The number of benzene rings is 2. The molecule has 2 aromatic rings. The summed E-state index contributed by atoms with van der Waals surface area (Å²) in [6.45, 7) is 5.69. The van der Waals surface area contributed by atoms with E-state index in [0.717, 1.165) is 10.3 Å². The van der Waals surface area contributed by atoms with Crippen molar-refractivity contribution in [2.24, 2.45) is 0 Å². The number of amides is 1. The normalized spacial score (nSPS) is 20.3. The minimum Gasteiger partial charge on any atom is -0.480 e. The Balaban J connectivity index is 1.74. The van der Waals surface area contributed by atoms with Crippen molar-refractivity contribution in [3.8, 4) is 0 Å². The summed E-state index contributed by atoms with van der Waals surface area (Å²) in [7, 11) is 0. The number of ether oxygens (including phenoxy) is 1. The number of fused-ring (bicyclic) bond motifs is 1. The fraction of sp³-hybridized carbons (Fsp3) is 0.400. The molecule has 1 amide bonds. The highest BCUT2D eigenvalue weighted by molar-refractivity contribution is 8.00. The van der Waals surface area contributed by atoms with Crippen LogP contribution in [-0.4, -0.2) is 45.5 Å². The molecule has 1 aliphatic rings. The van der Waals surface area contributed by atoms with Crippen molar-refractivity contribution in [2.75, 3.05) is 6.54 Å². The second-order valence-electron chi connectivity index (χ2n) is 7.47. The average molecular weight is 373 g/mol. The molecule has 138 valence electrons. The topological polar surface area (TPSA) is 66.8 Å². The lowest BCUT2D eigenvalue weighted by Gasteiger charge is -2.26. The maximum atomic E-state index is 12.4. The highest BCUT2D eigenvalue weighted by Gasteiger charge is 2.41. The zero-order valence-corrected chi connectivity index (χ0v) is 16.0. The van der Waals surface area contributed by atoms with E-state index in [2.05, 4.69) is 24.3 Å². The van der Waals surface area contributed by atoms with Gasteiger partial charge in [-0.2, -0.15) is 0 Å². The Morgan fingerprint density at radius 3 is 2.50 bits per heavy atom. The third-order valence-electron chi connectivity index (χ3n) is 4.20. The summed E-state index contributed by atoms with van der Waals surface area (Å²) >= 11 is 1.61. The van der Waals surface area contributed by atoms with Crippen molar-refractivity contribution in [3.63, 3.8) is 0 Å². The molecule has 0 aliphatic carbocycles. The number of carbonyl (C=O) groups excluding carboxylic acids is 1. The molecule has 1 N–H and O–H groups in total. The molecule has 6 heteroatoms. The summed E-state index contributed by atoms with van der Waals surface area (Å²) in [5, 5.41) is 11.8. The fourth-order valence-electron chi connectivity index (χ4n) is 3.07. The lowest BCUT2D eigenvalue weighted by molar-refractivity contribution is -0.142. The molecule has 26 heavy (non-hydrogen) atoms. The smallest absolute Gasteiger partial charge is 0.411 e. The molecule has 2 aromatic carbocycles. The van der Waals surface area contributed by atoms with Crippen LogP contribution >= 0.6 is 11.8 Å². The maximum Gasteiger partial charge on any atom is 0.411 e. The van der Waals surface area contributed by atoms with Crippen molar-refractivity contribution in [1.29, 1.82) is 0 Å². The van der Waals surface area contributed by atoms with Crippen LogP contribution in [0, 0.1) is 0 Å². The number of hydrogen-bond acceptors (Lipinski definition) is 4. The molecule has 0 spiro atoms. The average Bonchev–Trinajstić information content (AvgIpc) is 2.97. The van der Waals surface area contributed by atoms with E-state index in [1.165, 1.54) is 10.3 Å². The first-order chi connectivity index (χ1) is 12.2. The van der Waals surface area contributed by atoms with Crippen molar-refractivity contribution in [3.05, 3.63) is 42.5 Å². The van der Waals surface area contributed by atoms with Gasteiger partial charge in [-0.25, -0.2) is 9.59 Å². The van der Waals surface area contributed by atoms with Crippen LogP contribution in [-0.2, 0) is 9.53 Å². The summed E-state index contributed by atoms with van der Waals surface area (Å²) in [6, 6.07) is 13.5. The highest BCUT2D eigenvalue weighted by atomic mass is 32.2. The van der Waals surface area contributed by atoms with Crippen LogP contribution < -0.4 is 0 Å². The quantitative estimate of drug-likeness (QED) is 0.864. The second-order valence-corrected chi connectivity index (χ2v) is 8.85. The number of hydrogen-bond donors (Lipinski definition) is 1. The molecular formula is C20H23NO4S. The second kappa shape index (κ2) is 7.19. The van der Waals surface area contributed by atoms with Crippen molar-refractivity contribution in [1.82, 2.24) is 4.90 Å². The number of carbonyl (C=O) groups is 2. The molecule has 0 aromatic heterocycles. The van der Waals surface area contributed by atoms with Gasteiger partial charge in [-0.05, 0) is 50.1 Å². The van der Waals surface area contributed by atoms with E-state index in [1.54, 1.807) is 32.5 Å². The maximum absolute atomic E-state index is 12.4. The van der Waals surface area contributed by atoms with Crippen LogP contribution in [0.4, 0.5) is 4.79 Å². The zero-order chi connectivity index (χ0) is 18.9. The lowest BCUT2D eigenvalue weighted by atomic mass is 10.1. The van der Waals surface area contributed by atoms with E-state index >= 15 is 0 Å². The predicted octanol–water partition coefficient (Wildman–Crippen LogP) is 4.39. The van der Waals surface area contributed by atoms with Gasteiger partial charge >= 0.3 is 12.1 Å². The van der Waals surface area contributed by atoms with Gasteiger partial charge in [-0.3, -0.25) is 4.90 Å². The minimum atomic E-state index is -0.988. The molecule has 0 radical (unpaired) electrons. The van der Waals surface area contributed by atoms with Gasteiger partial charge in [0.05, 0.1) is 0 Å². The van der Waals surface area contributed by atoms with Gasteiger partial charge in [-0.1, -0.05) is 30.3 Å². The van der Waals surface area contributed by atoms with Crippen LogP contribution in [0.5, 0.6) is 0 Å². The molecule has 0 bridgehead atoms. The van der Waals surface area contributed by atoms with Crippen LogP contribution in [0.2, 0.25) is 0 Å². The molecule has 0 saturated carbocycles. The van der Waals surface area contributed by atoms with Gasteiger partial charge in [0.2, 0.25) is 0 Å². The molecule has 1 fully saturated rings. The fourth-order valence-corrected chi connectivity index (χ4v) is 4.31. The van der Waals surface area contributed by atoms with Crippen LogP contribution in [0.25, 0.3) is 10.8 Å². The first-order valence-corrected chi connectivity index (χ1v) is 9.49. The van der Waals surface area contributed by atoms with Gasteiger partial charge in [0, 0.05) is 16.7 Å². The van der Waals surface area contributed by atoms with Gasteiger partial charge in [0.1, 0.15) is 11.6 Å². The van der Waals surface area contributed by atoms with Gasteiger partial charge in [-0.15, -0.1) is 11.8 Å². The molecule has 1 aliphatic heterocycles. The highest BCUT2D eigenvalue weighted by Crippen LogP contribution is 2.35. The van der Waals surface area contributed by atoms with E-state index < -0.39 is 23.7 Å². The number of nitrogens with zero attached hydrogens (tertiary/aromatic N) is 1. The number of likely N-dealkylation sites (tertiary alicyclic amines) is 1. The van der Waals surface area contributed by atoms with Crippen molar-refractivity contribution < 1.29 is 19.4 Å². The standard InChI is InChI=1S/C20H23NO4S/c1-20(2,3)25-19(24)21-12-16(11-17(21)18(22)23)26-15-9-8-13-6-4-5-7-14(13)10-15/h4-10,16-17H,11-12H2,1-3H3,(H,22,23)/t16-,17+/m1/s1. The Labute approximate surface area is 157 Å². The molecule has 1 heterocycles. The Bertz CT molecular complexity index is 830. The summed E-state index contributed by atoms with van der Waals surface area (Å²) < 4.78 is 5.37. The molecule has 0 unspecified atom stereocenters. The van der Waals surface area contributed by atoms with E-state index in [9.17, 15) is 14.7 Å². The number of carboxylic acids is 1. The monoisotopic (exact) mass is 373 g/mol. The van der Waals surface area contributed by atoms with Gasteiger partial charge in [0.25, 0.3) is 0 Å². The summed E-state index contributed by atoms with van der Waals surface area (Å²) in [5.74, 6) is -0.988. The summed E-state index contributed by atoms with van der Waals surface area (Å²) in [4.78, 5) is 26.4. The van der Waals surface area contributed by atoms with Crippen LogP contribution in [0.3, 0.4) is 0 Å². The molecule has 1 saturated heterocycles. The number of rotatable bonds is 3. The van der Waals surface area contributed by atoms with Crippen LogP contribution in [0.1, 0.15) is 27.2 Å². The largest absolute Gasteiger partial charge is 0.480 e. The van der Waals surface area contributed by atoms with E-state index in [4.69, 9.17) is 4.74 Å². The van der Waals surface area contributed by atoms with E-state index in [1.807, 2.05) is 18.2 Å². The van der Waals surface area contributed by atoms with Crippen molar-refractivity contribution >= 4 is 34.6 Å². The van der Waals surface area contributed by atoms with Crippen LogP contribution in [0.15, 0.2) is 47.4 Å². The Morgan fingerprint density at radius 2 is 1.85 bits per heavy atom. The first-order valence-electron chi connectivity index (χ1n) is 8.61. The molecule has 5 nitrogen and oxygen atoms in total. The number of aliphatic carboxylic acids is 1. The van der Waals surface area contributed by atoms with Gasteiger partial charge in [0.15, 0.2) is 0 Å². The van der Waals surface area contributed by atoms with Crippen molar-refractivity contribution in [2.45, 2.75) is 49.0 Å². The SMILES string of the molecule is CC(C)(C)OC(=O)N1C[C@H](Sc2ccc3ccccc3c2)C[C@H]1C(=O)O. The summed E-state index contributed by atoms with van der Waals surface area (Å²) in [5.41, 5.74) is -0.649. The third kappa shape index (κ3) is 4.30. The Morgan fingerprint density at radius 1 is 1.15 bits per heavy atom.